The number of phenolic OH excluding ortho intramolecular Hbond substituents is 1. The number of benzene rings is 3. The number of hydrogen-bond donors (Lipinski definition) is 1. The van der Waals surface area contributed by atoms with Crippen molar-refractivity contribution in [2.24, 2.45) is 0 Å². The number of rotatable bonds is 2. The smallest absolute Gasteiger partial charge is 0.340 e. The van der Waals surface area contributed by atoms with Gasteiger partial charge in [-0.2, -0.15) is 0 Å². The van der Waals surface area contributed by atoms with Crippen LogP contribution in [0.2, 0.25) is 0 Å². The molecule has 1 aliphatic carbocycles. The molecule has 6 nitrogen and oxygen atoms in total. The van der Waals surface area contributed by atoms with Crippen molar-refractivity contribution in [2.75, 3.05) is 6.54 Å². The first-order valence-electron chi connectivity index (χ1n) is 11.2. The molecule has 1 N–H and O–H groups in total. The molecule has 3 aromatic rings. The summed E-state index contributed by atoms with van der Waals surface area (Å²) >= 11 is 0. The van der Waals surface area contributed by atoms with Gasteiger partial charge in [0.2, 0.25) is 0 Å². The summed E-state index contributed by atoms with van der Waals surface area (Å²) in [6.07, 6.45) is 1.95. The predicted molar refractivity (Wildman–Crippen MR) is 124 cm³/mol. The third-order valence-corrected chi connectivity index (χ3v) is 6.99. The van der Waals surface area contributed by atoms with Crippen LogP contribution in [0.5, 0.6) is 5.75 Å². The molecule has 2 amide bonds. The highest BCUT2D eigenvalue weighted by Gasteiger charge is 2.52. The molecule has 0 aromatic heterocycles. The molecule has 2 heterocycles. The molecule has 168 valence electrons. The number of imide groups is 1. The Morgan fingerprint density at radius 3 is 2.41 bits per heavy atom. The van der Waals surface area contributed by atoms with Crippen LogP contribution in [0.25, 0.3) is 5.57 Å². The van der Waals surface area contributed by atoms with Crippen molar-refractivity contribution in [3.63, 3.8) is 0 Å². The van der Waals surface area contributed by atoms with E-state index in [1.807, 2.05) is 19.1 Å². The number of likely N-dealkylation sites (N-methyl/N-ethyl adjacent to an activating group) is 1. The molecule has 2 aliphatic heterocycles. The van der Waals surface area contributed by atoms with Crippen LogP contribution >= 0.6 is 0 Å². The number of amides is 2. The number of esters is 1. The zero-order valence-corrected chi connectivity index (χ0v) is 18.7. The van der Waals surface area contributed by atoms with Gasteiger partial charge in [-0.1, -0.05) is 35.9 Å². The minimum atomic E-state index is -1.20. The van der Waals surface area contributed by atoms with Crippen LogP contribution in [0.1, 0.15) is 56.2 Å². The molecule has 34 heavy (non-hydrogen) atoms. The molecule has 6 rings (SSSR count). The van der Waals surface area contributed by atoms with E-state index in [1.165, 1.54) is 11.0 Å². The van der Waals surface area contributed by atoms with Gasteiger partial charge in [-0.25, -0.2) is 4.79 Å². The minimum Gasteiger partial charge on any atom is -0.508 e. The number of ether oxygens (including phenoxy) is 1. The Labute approximate surface area is 196 Å². The maximum absolute atomic E-state index is 13.1. The fraction of sp³-hybridized carbons (Fsp3) is 0.179. The number of carbonyl (C=O) groups is 3. The quantitative estimate of drug-likeness (QED) is 0.473. The van der Waals surface area contributed by atoms with Crippen molar-refractivity contribution in [1.29, 1.82) is 0 Å². The fourth-order valence-corrected chi connectivity index (χ4v) is 5.48. The van der Waals surface area contributed by atoms with E-state index in [-0.39, 0.29) is 24.1 Å². The molecule has 0 saturated heterocycles. The van der Waals surface area contributed by atoms with E-state index in [0.29, 0.717) is 28.7 Å². The number of aromatic hydroxyl groups is 1. The molecule has 0 bridgehead atoms. The second-order valence-corrected chi connectivity index (χ2v) is 8.96. The van der Waals surface area contributed by atoms with Gasteiger partial charge in [-0.15, -0.1) is 0 Å². The number of phenols is 1. The monoisotopic (exact) mass is 451 g/mol. The normalized spacial score (nSPS) is 20.2. The average Bonchev–Trinajstić information content (AvgIpc) is 3.26. The van der Waals surface area contributed by atoms with Gasteiger partial charge in [0.25, 0.3) is 11.8 Å². The Hall–Kier alpha value is -4.19. The summed E-state index contributed by atoms with van der Waals surface area (Å²) < 4.78 is 6.20. The summed E-state index contributed by atoms with van der Waals surface area (Å²) in [6.45, 7) is 4.05. The van der Waals surface area contributed by atoms with Crippen molar-refractivity contribution in [3.05, 3.63) is 105 Å². The Morgan fingerprint density at radius 2 is 1.68 bits per heavy atom. The van der Waals surface area contributed by atoms with Crippen LogP contribution in [-0.4, -0.2) is 34.3 Å². The maximum Gasteiger partial charge on any atom is 0.340 e. The van der Waals surface area contributed by atoms with Crippen molar-refractivity contribution in [1.82, 2.24) is 4.90 Å². The largest absolute Gasteiger partial charge is 0.508 e. The van der Waals surface area contributed by atoms with E-state index in [9.17, 15) is 19.5 Å². The van der Waals surface area contributed by atoms with Gasteiger partial charge < -0.3 is 9.84 Å². The number of nitrogens with zero attached hydrogens (tertiary/aromatic N) is 1. The minimum absolute atomic E-state index is 0.142. The van der Waals surface area contributed by atoms with Gasteiger partial charge in [0.15, 0.2) is 5.60 Å². The molecule has 3 aliphatic rings. The number of aryl methyl sites for hydroxylation is 1. The molecule has 0 saturated carbocycles. The van der Waals surface area contributed by atoms with Gasteiger partial charge in [0.1, 0.15) is 5.75 Å². The first kappa shape index (κ1) is 20.4. The Balaban J connectivity index is 1.63. The summed E-state index contributed by atoms with van der Waals surface area (Å²) in [4.78, 5) is 39.5. The third-order valence-electron chi connectivity index (χ3n) is 6.99. The SMILES string of the molecule is CCN1C(=O)C=C(c2ccc3c(c2)C2(OC3=O)c3ccc(C)cc3Cc3cc(O)ccc32)C1=O. The standard InChI is InChI=1S/C28H21NO5/c1-3-29-25(31)14-21(26(29)32)16-5-7-20-24(13-16)28(34-27(20)33)22-8-4-15(2)10-17(22)11-18-12-19(30)6-9-23(18)28/h4-10,12-14,30H,3,11H2,1-2H3. The van der Waals surface area contributed by atoms with Crippen LogP contribution in [0, 0.1) is 6.92 Å². The molecule has 0 radical (unpaired) electrons. The van der Waals surface area contributed by atoms with E-state index in [4.69, 9.17) is 4.74 Å². The number of hydrogen-bond acceptors (Lipinski definition) is 5. The summed E-state index contributed by atoms with van der Waals surface area (Å²) in [5.41, 5.74) is 5.30. The predicted octanol–water partition coefficient (Wildman–Crippen LogP) is 3.84. The lowest BCUT2D eigenvalue weighted by Crippen LogP contribution is -2.35. The molecule has 1 spiro atoms. The van der Waals surface area contributed by atoms with Gasteiger partial charge in [-0.05, 0) is 61.2 Å². The van der Waals surface area contributed by atoms with Crippen LogP contribution < -0.4 is 0 Å². The third kappa shape index (κ3) is 2.59. The molecule has 1 unspecified atom stereocenters. The summed E-state index contributed by atoms with van der Waals surface area (Å²) in [7, 11) is 0. The second kappa shape index (κ2) is 6.90. The topological polar surface area (TPSA) is 83.9 Å². The molecular formula is C28H21NO5. The first-order chi connectivity index (χ1) is 16.3. The molecule has 0 fully saturated rings. The Kier molecular flexibility index (Phi) is 4.15. The van der Waals surface area contributed by atoms with Crippen LogP contribution in [0.3, 0.4) is 0 Å². The van der Waals surface area contributed by atoms with E-state index in [2.05, 4.69) is 6.07 Å². The second-order valence-electron chi connectivity index (χ2n) is 8.96. The van der Waals surface area contributed by atoms with Gasteiger partial charge in [-0.3, -0.25) is 14.5 Å². The zero-order valence-electron chi connectivity index (χ0n) is 18.7. The summed E-state index contributed by atoms with van der Waals surface area (Å²) in [5, 5.41) is 10.2. The van der Waals surface area contributed by atoms with Gasteiger partial charge in [0, 0.05) is 29.3 Å². The van der Waals surface area contributed by atoms with Gasteiger partial charge in [0.05, 0.1) is 11.1 Å². The van der Waals surface area contributed by atoms with Crippen molar-refractivity contribution in [3.8, 4) is 5.75 Å². The summed E-state index contributed by atoms with van der Waals surface area (Å²) in [5.74, 6) is -1.00. The lowest BCUT2D eigenvalue weighted by molar-refractivity contribution is -0.136. The van der Waals surface area contributed by atoms with E-state index in [1.54, 1.807) is 43.3 Å². The number of carbonyl (C=O) groups excluding carboxylic acids is 3. The summed E-state index contributed by atoms with van der Waals surface area (Å²) in [6, 6.07) is 16.3. The van der Waals surface area contributed by atoms with Crippen molar-refractivity contribution < 1.29 is 24.2 Å². The molecule has 6 heteroatoms. The Morgan fingerprint density at radius 1 is 0.941 bits per heavy atom. The van der Waals surface area contributed by atoms with Crippen LogP contribution in [0.15, 0.2) is 60.7 Å². The lowest BCUT2D eigenvalue weighted by Gasteiger charge is -2.37. The van der Waals surface area contributed by atoms with Crippen LogP contribution in [0.4, 0.5) is 0 Å². The highest BCUT2D eigenvalue weighted by atomic mass is 16.6. The zero-order chi connectivity index (χ0) is 23.8. The molecule has 3 aromatic carbocycles. The lowest BCUT2D eigenvalue weighted by atomic mass is 9.70. The maximum atomic E-state index is 13.1. The van der Waals surface area contributed by atoms with E-state index in [0.717, 1.165) is 27.8 Å². The highest BCUT2D eigenvalue weighted by molar-refractivity contribution is 6.33. The van der Waals surface area contributed by atoms with E-state index < -0.39 is 11.6 Å². The van der Waals surface area contributed by atoms with Crippen LogP contribution in [-0.2, 0) is 26.3 Å². The average molecular weight is 451 g/mol. The molecular weight excluding hydrogens is 430 g/mol. The highest BCUT2D eigenvalue weighted by Crippen LogP contribution is 2.53. The van der Waals surface area contributed by atoms with Crippen molar-refractivity contribution >= 4 is 23.4 Å². The first-order valence-corrected chi connectivity index (χ1v) is 11.2. The van der Waals surface area contributed by atoms with Gasteiger partial charge >= 0.3 is 5.97 Å². The van der Waals surface area contributed by atoms with Crippen molar-refractivity contribution in [2.45, 2.75) is 25.9 Å². The molecule has 1 atom stereocenters. The van der Waals surface area contributed by atoms with E-state index >= 15 is 0 Å². The Bertz CT molecular complexity index is 1430. The number of fused-ring (bicyclic) bond motifs is 6. The fourth-order valence-electron chi connectivity index (χ4n) is 5.48.